The number of aromatic amines is 1. The third kappa shape index (κ3) is 2.80. The number of nitrogens with zero attached hydrogens (tertiary/aromatic N) is 2. The number of hydrogen-bond donors (Lipinski definition) is 2. The van der Waals surface area contributed by atoms with Crippen molar-refractivity contribution in [2.45, 2.75) is 25.7 Å². The Balaban J connectivity index is 1.55. The first kappa shape index (κ1) is 15.0. The van der Waals surface area contributed by atoms with Gasteiger partial charge in [-0.15, -0.1) is 0 Å². The van der Waals surface area contributed by atoms with E-state index in [0.29, 0.717) is 39.4 Å². The van der Waals surface area contributed by atoms with E-state index < -0.39 is 0 Å². The fourth-order valence-corrected chi connectivity index (χ4v) is 2.87. The molecule has 2 heterocycles. The molecule has 24 heavy (non-hydrogen) atoms. The first-order valence-electron chi connectivity index (χ1n) is 7.69. The van der Waals surface area contributed by atoms with Crippen molar-refractivity contribution in [2.75, 3.05) is 5.32 Å². The number of aromatic nitrogens is 3. The summed E-state index contributed by atoms with van der Waals surface area (Å²) in [6.07, 6.45) is 3.71. The second-order valence-corrected chi connectivity index (χ2v) is 6.27. The summed E-state index contributed by atoms with van der Waals surface area (Å²) in [6, 6.07) is 6.96. The molecule has 0 bridgehead atoms. The molecule has 122 valence electrons. The zero-order valence-electron chi connectivity index (χ0n) is 13.0. The Bertz CT molecular complexity index is 911. The Labute approximate surface area is 143 Å². The summed E-state index contributed by atoms with van der Waals surface area (Å²) >= 11 is 6.31. The summed E-state index contributed by atoms with van der Waals surface area (Å²) < 4.78 is 5.44. The van der Waals surface area contributed by atoms with Crippen molar-refractivity contribution >= 4 is 23.2 Å². The Kier molecular flexibility index (Phi) is 3.61. The van der Waals surface area contributed by atoms with E-state index in [1.54, 1.807) is 30.5 Å². The summed E-state index contributed by atoms with van der Waals surface area (Å²) in [5.41, 5.74) is 1.91. The lowest BCUT2D eigenvalue weighted by Gasteiger charge is -2.07. The first-order chi connectivity index (χ1) is 11.6. The van der Waals surface area contributed by atoms with Gasteiger partial charge in [-0.3, -0.25) is 9.89 Å². The molecule has 1 saturated carbocycles. The summed E-state index contributed by atoms with van der Waals surface area (Å²) in [4.78, 5) is 16.7. The lowest BCUT2D eigenvalue weighted by molar-refractivity contribution is 0.102. The lowest BCUT2D eigenvalue weighted by atomic mass is 10.1. The highest BCUT2D eigenvalue weighted by Gasteiger charge is 2.31. The van der Waals surface area contributed by atoms with Crippen LogP contribution in [0.5, 0.6) is 0 Å². The molecule has 6 nitrogen and oxygen atoms in total. The summed E-state index contributed by atoms with van der Waals surface area (Å²) in [7, 11) is 0. The number of rotatable bonds is 4. The molecule has 0 spiro atoms. The molecule has 2 N–H and O–H groups in total. The Morgan fingerprint density at radius 3 is 2.88 bits per heavy atom. The topological polar surface area (TPSA) is 83.8 Å². The third-order valence-electron chi connectivity index (χ3n) is 3.95. The number of nitrogens with one attached hydrogen (secondary N) is 2. The minimum atomic E-state index is -0.191. The highest BCUT2D eigenvalue weighted by Crippen LogP contribution is 2.42. The maximum atomic E-state index is 12.5. The fraction of sp³-hybridized carbons (Fsp3) is 0.235. The average Bonchev–Trinajstić information content (AvgIpc) is 3.11. The fourth-order valence-electron chi connectivity index (χ4n) is 2.61. The number of anilines is 1. The van der Waals surface area contributed by atoms with E-state index in [9.17, 15) is 4.79 Å². The number of furan rings is 1. The van der Waals surface area contributed by atoms with Gasteiger partial charge in [-0.1, -0.05) is 11.6 Å². The van der Waals surface area contributed by atoms with Gasteiger partial charge in [-0.25, -0.2) is 4.98 Å². The molecule has 0 radical (unpaired) electrons. The van der Waals surface area contributed by atoms with Gasteiger partial charge in [0.1, 0.15) is 11.6 Å². The second kappa shape index (κ2) is 5.79. The minimum absolute atomic E-state index is 0.191. The number of amides is 1. The molecule has 1 aliphatic carbocycles. The van der Waals surface area contributed by atoms with E-state index in [2.05, 4.69) is 20.5 Å². The number of halogens is 1. The van der Waals surface area contributed by atoms with Crippen molar-refractivity contribution in [1.82, 2.24) is 15.2 Å². The number of carbonyl (C=O) groups is 1. The quantitative estimate of drug-likeness (QED) is 0.745. The summed E-state index contributed by atoms with van der Waals surface area (Å²) in [5, 5.41) is 10.2. The molecule has 1 fully saturated rings. The van der Waals surface area contributed by atoms with Crippen LogP contribution in [-0.2, 0) is 0 Å². The van der Waals surface area contributed by atoms with Gasteiger partial charge in [0.2, 0.25) is 0 Å². The van der Waals surface area contributed by atoms with Crippen LogP contribution in [0.25, 0.3) is 11.4 Å². The van der Waals surface area contributed by atoms with Crippen molar-refractivity contribution < 1.29 is 9.21 Å². The number of carbonyl (C=O) groups excluding carboxylic acids is 1. The van der Waals surface area contributed by atoms with Crippen LogP contribution in [-0.4, -0.2) is 21.1 Å². The van der Waals surface area contributed by atoms with Gasteiger partial charge in [-0.05, 0) is 44.0 Å². The molecule has 0 saturated heterocycles. The van der Waals surface area contributed by atoms with Gasteiger partial charge in [0.25, 0.3) is 5.91 Å². The van der Waals surface area contributed by atoms with Crippen LogP contribution in [0.15, 0.2) is 34.9 Å². The van der Waals surface area contributed by atoms with E-state index >= 15 is 0 Å². The van der Waals surface area contributed by atoms with E-state index in [4.69, 9.17) is 16.0 Å². The smallest absolute Gasteiger partial charge is 0.259 e. The summed E-state index contributed by atoms with van der Waals surface area (Å²) in [6.45, 7) is 1.82. The Morgan fingerprint density at radius 2 is 2.21 bits per heavy atom. The van der Waals surface area contributed by atoms with Gasteiger partial charge >= 0.3 is 0 Å². The predicted octanol–water partition coefficient (Wildman–Crippen LogP) is 4.16. The Hall–Kier alpha value is -2.60. The van der Waals surface area contributed by atoms with Crippen LogP contribution >= 0.6 is 11.6 Å². The van der Waals surface area contributed by atoms with Crippen LogP contribution < -0.4 is 5.32 Å². The lowest BCUT2D eigenvalue weighted by Crippen LogP contribution is -2.12. The predicted molar refractivity (Wildman–Crippen MR) is 90.2 cm³/mol. The molecule has 4 rings (SSSR count). The maximum absolute atomic E-state index is 12.5. The van der Waals surface area contributed by atoms with Gasteiger partial charge in [0.05, 0.1) is 16.8 Å². The number of H-pyrrole nitrogens is 1. The maximum Gasteiger partial charge on any atom is 0.259 e. The number of benzene rings is 1. The third-order valence-corrected chi connectivity index (χ3v) is 4.27. The molecule has 1 amide bonds. The van der Waals surface area contributed by atoms with Gasteiger partial charge in [0.15, 0.2) is 5.82 Å². The SMILES string of the molecule is Cc1nc(-c2ccc(NC(=O)c3ccoc3C3CC3)cc2Cl)n[nH]1. The minimum Gasteiger partial charge on any atom is -0.468 e. The van der Waals surface area contributed by atoms with Gasteiger partial charge in [-0.2, -0.15) is 5.10 Å². The molecule has 2 aromatic heterocycles. The van der Waals surface area contributed by atoms with Crippen molar-refractivity contribution in [1.29, 1.82) is 0 Å². The average molecular weight is 343 g/mol. The molecule has 0 aliphatic heterocycles. The molecule has 0 atom stereocenters. The van der Waals surface area contributed by atoms with Crippen LogP contribution in [0.2, 0.25) is 5.02 Å². The van der Waals surface area contributed by atoms with Crippen molar-refractivity contribution in [2.24, 2.45) is 0 Å². The van der Waals surface area contributed by atoms with Crippen molar-refractivity contribution in [3.05, 3.63) is 52.7 Å². The molecule has 1 aliphatic rings. The second-order valence-electron chi connectivity index (χ2n) is 5.87. The van der Waals surface area contributed by atoms with Crippen molar-refractivity contribution in [3.8, 4) is 11.4 Å². The van der Waals surface area contributed by atoms with Crippen LogP contribution in [0.3, 0.4) is 0 Å². The first-order valence-corrected chi connectivity index (χ1v) is 8.07. The highest BCUT2D eigenvalue weighted by atomic mass is 35.5. The largest absolute Gasteiger partial charge is 0.468 e. The molecule has 1 aromatic carbocycles. The summed E-state index contributed by atoms with van der Waals surface area (Å²) in [5.74, 6) is 2.20. The molecule has 3 aromatic rings. The van der Waals surface area contributed by atoms with Crippen molar-refractivity contribution in [3.63, 3.8) is 0 Å². The molecule has 0 unspecified atom stereocenters. The van der Waals surface area contributed by atoms with E-state index in [1.807, 2.05) is 6.92 Å². The van der Waals surface area contributed by atoms with E-state index in [1.165, 1.54) is 0 Å². The van der Waals surface area contributed by atoms with E-state index in [-0.39, 0.29) is 5.91 Å². The highest BCUT2D eigenvalue weighted by molar-refractivity contribution is 6.33. The standard InChI is InChI=1S/C17H15ClN4O2/c1-9-19-16(22-21-9)12-5-4-11(8-14(12)18)20-17(23)13-6-7-24-15(13)10-2-3-10/h4-8,10H,2-3H2,1H3,(H,20,23)(H,19,21,22). The normalized spacial score (nSPS) is 13.9. The zero-order valence-corrected chi connectivity index (χ0v) is 13.7. The van der Waals surface area contributed by atoms with Crippen LogP contribution in [0.4, 0.5) is 5.69 Å². The van der Waals surface area contributed by atoms with Gasteiger partial charge in [0, 0.05) is 17.2 Å². The molecule has 7 heteroatoms. The Morgan fingerprint density at radius 1 is 1.38 bits per heavy atom. The monoisotopic (exact) mass is 342 g/mol. The van der Waals surface area contributed by atoms with Crippen LogP contribution in [0, 0.1) is 6.92 Å². The number of hydrogen-bond acceptors (Lipinski definition) is 4. The molecular weight excluding hydrogens is 328 g/mol. The zero-order chi connectivity index (χ0) is 16.7. The van der Waals surface area contributed by atoms with E-state index in [0.717, 1.165) is 18.6 Å². The molecular formula is C17H15ClN4O2. The van der Waals surface area contributed by atoms with Gasteiger partial charge < -0.3 is 9.73 Å². The number of aryl methyl sites for hydroxylation is 1. The van der Waals surface area contributed by atoms with Crippen LogP contribution in [0.1, 0.15) is 40.7 Å².